The second kappa shape index (κ2) is 15.7. The van der Waals surface area contributed by atoms with Crippen LogP contribution >= 0.6 is 11.6 Å². The first-order chi connectivity index (χ1) is 25.1. The van der Waals surface area contributed by atoms with Gasteiger partial charge in [-0.05, 0) is 81.3 Å². The van der Waals surface area contributed by atoms with Crippen LogP contribution in [0.1, 0.15) is 91.9 Å². The molecule has 1 atom stereocenters. The first-order valence-electron chi connectivity index (χ1n) is 17.6. The molecule has 14 heteroatoms. The Bertz CT molecular complexity index is 1870. The highest BCUT2D eigenvalue weighted by Gasteiger charge is 2.56. The number of amides is 2. The number of carbonyl (C=O) groups is 3. The molecular formula is C38H42ClN5O8. The minimum atomic E-state index is -1.41. The maximum atomic E-state index is 14.5. The van der Waals surface area contributed by atoms with Crippen LogP contribution in [0, 0.1) is 23.2 Å². The lowest BCUT2D eigenvalue weighted by atomic mass is 9.74. The van der Waals surface area contributed by atoms with Gasteiger partial charge in [0.2, 0.25) is 5.75 Å². The molecule has 1 unspecified atom stereocenters. The fourth-order valence-corrected chi connectivity index (χ4v) is 8.13. The van der Waals surface area contributed by atoms with Crippen molar-refractivity contribution >= 4 is 29.8 Å². The largest absolute Gasteiger partial charge is 0.501 e. The lowest BCUT2D eigenvalue weighted by molar-refractivity contribution is -0.0240. The molecule has 52 heavy (non-hydrogen) atoms. The minimum absolute atomic E-state index is 0.0209. The monoisotopic (exact) mass is 731 g/mol. The Balaban J connectivity index is 1.48. The maximum Gasteiger partial charge on any atom is 0.413 e. The number of rotatable bonds is 10. The summed E-state index contributed by atoms with van der Waals surface area (Å²) in [5.74, 6) is -1.93. The fourth-order valence-electron chi connectivity index (χ4n) is 7.82. The van der Waals surface area contributed by atoms with Gasteiger partial charge in [-0.25, -0.2) is 19.4 Å². The summed E-state index contributed by atoms with van der Waals surface area (Å²) in [6.45, 7) is 1.42. The molecule has 2 aromatic carbocycles. The average Bonchev–Trinajstić information content (AvgIpc) is 3.38. The van der Waals surface area contributed by atoms with E-state index in [1.165, 1.54) is 9.47 Å². The van der Waals surface area contributed by atoms with Crippen molar-refractivity contribution in [3.8, 4) is 11.8 Å². The molecule has 3 aromatic rings. The molecule has 13 nitrogen and oxygen atoms in total. The van der Waals surface area contributed by atoms with E-state index in [1.807, 2.05) is 60.7 Å². The van der Waals surface area contributed by atoms with Gasteiger partial charge in [0, 0.05) is 5.88 Å². The Labute approximate surface area is 306 Å². The molecule has 0 saturated heterocycles. The predicted molar refractivity (Wildman–Crippen MR) is 188 cm³/mol. The Kier molecular flexibility index (Phi) is 11.0. The molecule has 274 valence electrons. The number of aromatic hydroxyl groups is 1. The van der Waals surface area contributed by atoms with Gasteiger partial charge in [-0.1, -0.05) is 60.7 Å². The summed E-state index contributed by atoms with van der Waals surface area (Å²) in [5.41, 5.74) is -2.90. The van der Waals surface area contributed by atoms with Crippen molar-refractivity contribution in [2.45, 2.75) is 88.7 Å². The van der Waals surface area contributed by atoms with Gasteiger partial charge in [0.1, 0.15) is 36.3 Å². The van der Waals surface area contributed by atoms with Crippen LogP contribution in [0.5, 0.6) is 5.75 Å². The number of aromatic nitrogens is 2. The fraction of sp³-hybridized carbons (Fsp3) is 0.474. The van der Waals surface area contributed by atoms with Crippen LogP contribution in [0.4, 0.5) is 9.59 Å². The normalized spacial score (nSPS) is 24.8. The molecule has 1 aromatic heterocycles. The molecule has 2 saturated carbocycles. The van der Waals surface area contributed by atoms with Crippen LogP contribution < -0.4 is 10.9 Å². The molecule has 0 spiro atoms. The van der Waals surface area contributed by atoms with E-state index >= 15 is 0 Å². The number of nitriles is 1. The molecule has 2 aliphatic carbocycles. The minimum Gasteiger partial charge on any atom is -0.501 e. The van der Waals surface area contributed by atoms with Crippen LogP contribution in [-0.4, -0.2) is 55.7 Å². The third kappa shape index (κ3) is 7.17. The van der Waals surface area contributed by atoms with Crippen molar-refractivity contribution < 1.29 is 33.7 Å². The average molecular weight is 732 g/mol. The second-order valence-electron chi connectivity index (χ2n) is 13.7. The van der Waals surface area contributed by atoms with Crippen molar-refractivity contribution in [3.05, 3.63) is 93.7 Å². The highest BCUT2D eigenvalue weighted by atomic mass is 35.5. The van der Waals surface area contributed by atoms with Crippen molar-refractivity contribution in [2.75, 3.05) is 12.5 Å². The summed E-state index contributed by atoms with van der Waals surface area (Å²) < 4.78 is 17.8. The number of ether oxygens (including phenoxy) is 3. The highest BCUT2D eigenvalue weighted by Crippen LogP contribution is 2.51. The Hall–Kier alpha value is -5.09. The second-order valence-corrected chi connectivity index (χ2v) is 14.0. The number of nitrogens with zero attached hydrogens (tertiary/aromatic N) is 4. The van der Waals surface area contributed by atoms with E-state index in [-0.39, 0.29) is 57.2 Å². The number of carbonyl (C=O) groups excluding carboxylic acids is 3. The number of hydrogen-bond acceptors (Lipinski definition) is 10. The zero-order valence-electron chi connectivity index (χ0n) is 29.0. The highest BCUT2D eigenvalue weighted by molar-refractivity contribution is 6.18. The van der Waals surface area contributed by atoms with E-state index in [9.17, 15) is 29.5 Å². The van der Waals surface area contributed by atoms with E-state index in [0.29, 0.717) is 31.6 Å². The van der Waals surface area contributed by atoms with Gasteiger partial charge in [-0.15, -0.1) is 11.6 Å². The standard InChI is InChI=1S/C38H42ClN5O8/c1-2-50-33(47)29-30(45)32(46)43-31(28-15-19-38(20-16-28,34(43)41-29)42-35(48)51-22-26-9-5-3-6-10-26)44(36(49)52-23-27-11-7-4-8-12-27)37(24-40)17-13-25(21-39)14-18-37/h3-12,25,28,31,45H,2,13-23H2,1H3,(H,42,48). The topological polar surface area (TPSA) is 173 Å². The SMILES string of the molecule is CCOC(=O)c1nc2n(c(=O)c1O)C(N(C(=O)OCc1ccccc1)C1(C#N)CCC(CCl)CC1)C1CCC2(NC(=O)OCc2ccccc2)CC1. The summed E-state index contributed by atoms with van der Waals surface area (Å²) in [5, 5.41) is 25.2. The van der Waals surface area contributed by atoms with Crippen molar-refractivity contribution in [1.82, 2.24) is 19.8 Å². The molecule has 2 fully saturated rings. The van der Waals surface area contributed by atoms with Gasteiger partial charge in [0.25, 0.3) is 5.56 Å². The van der Waals surface area contributed by atoms with Crippen LogP contribution in [0.2, 0.25) is 0 Å². The molecule has 0 radical (unpaired) electrons. The first-order valence-corrected chi connectivity index (χ1v) is 18.2. The number of esters is 1. The van der Waals surface area contributed by atoms with Crippen LogP contribution in [0.3, 0.4) is 0 Å². The van der Waals surface area contributed by atoms with Crippen LogP contribution in [0.25, 0.3) is 0 Å². The molecule has 3 heterocycles. The number of alkyl carbamates (subject to hydrolysis) is 1. The van der Waals surface area contributed by atoms with Crippen molar-refractivity contribution in [2.24, 2.45) is 11.8 Å². The zero-order chi connectivity index (χ0) is 36.9. The number of fused-ring (bicyclic) bond motifs is 2. The van der Waals surface area contributed by atoms with E-state index in [1.54, 1.807) is 6.92 Å². The van der Waals surface area contributed by atoms with Gasteiger partial charge in [0.05, 0.1) is 12.7 Å². The predicted octanol–water partition coefficient (Wildman–Crippen LogP) is 6.28. The third-order valence-corrected chi connectivity index (χ3v) is 11.0. The Morgan fingerprint density at radius 3 is 2.12 bits per heavy atom. The van der Waals surface area contributed by atoms with E-state index in [4.69, 9.17) is 25.8 Å². The van der Waals surface area contributed by atoms with Gasteiger partial charge in [0.15, 0.2) is 5.69 Å². The first kappa shape index (κ1) is 36.7. The van der Waals surface area contributed by atoms with E-state index in [2.05, 4.69) is 16.4 Å². The molecular weight excluding hydrogens is 690 g/mol. The number of nitrogens with one attached hydrogen (secondary N) is 1. The summed E-state index contributed by atoms with van der Waals surface area (Å²) in [6, 6.07) is 20.6. The maximum absolute atomic E-state index is 14.5. The van der Waals surface area contributed by atoms with Gasteiger partial charge >= 0.3 is 18.2 Å². The van der Waals surface area contributed by atoms with Crippen LogP contribution in [0.15, 0.2) is 65.5 Å². The zero-order valence-corrected chi connectivity index (χ0v) is 29.7. The quantitative estimate of drug-likeness (QED) is 0.137. The molecule has 2 aliphatic heterocycles. The number of hydrogen-bond donors (Lipinski definition) is 2. The summed E-state index contributed by atoms with van der Waals surface area (Å²) in [7, 11) is 0. The van der Waals surface area contributed by atoms with E-state index < -0.39 is 58.3 Å². The Morgan fingerprint density at radius 1 is 0.962 bits per heavy atom. The molecule has 2 N–H and O–H groups in total. The number of halogens is 1. The number of benzene rings is 2. The van der Waals surface area contributed by atoms with E-state index in [0.717, 1.165) is 11.1 Å². The van der Waals surface area contributed by atoms with Crippen molar-refractivity contribution in [3.63, 3.8) is 0 Å². The molecule has 7 rings (SSSR count). The summed E-state index contributed by atoms with van der Waals surface area (Å²) >= 11 is 6.23. The third-order valence-electron chi connectivity index (χ3n) is 10.6. The lowest BCUT2D eigenvalue weighted by Gasteiger charge is -2.48. The van der Waals surface area contributed by atoms with Crippen LogP contribution in [-0.2, 0) is 33.0 Å². The summed E-state index contributed by atoms with van der Waals surface area (Å²) in [4.78, 5) is 61.5. The molecule has 2 amide bonds. The smallest absolute Gasteiger partial charge is 0.413 e. The molecule has 2 bridgehead atoms. The molecule has 4 aliphatic rings. The van der Waals surface area contributed by atoms with Gasteiger partial charge in [-0.3, -0.25) is 14.3 Å². The lowest BCUT2D eigenvalue weighted by Crippen LogP contribution is -2.58. The van der Waals surface area contributed by atoms with Crippen molar-refractivity contribution in [1.29, 1.82) is 5.26 Å². The summed E-state index contributed by atoms with van der Waals surface area (Å²) in [6.07, 6.45) is 0.176. The van der Waals surface area contributed by atoms with Gasteiger partial charge in [-0.2, -0.15) is 5.26 Å². The number of alkyl halides is 1. The van der Waals surface area contributed by atoms with Gasteiger partial charge < -0.3 is 24.6 Å². The Morgan fingerprint density at radius 2 is 1.56 bits per heavy atom.